The molecule has 0 saturated carbocycles. The van der Waals surface area contributed by atoms with Crippen molar-refractivity contribution in [2.75, 3.05) is 10.6 Å². The van der Waals surface area contributed by atoms with Gasteiger partial charge in [-0.3, -0.25) is 0 Å². The van der Waals surface area contributed by atoms with Crippen LogP contribution < -0.4 is 10.6 Å². The molecule has 2 aromatic heterocycles. The lowest BCUT2D eigenvalue weighted by molar-refractivity contribution is 0.0429. The number of fused-ring (bicyclic) bond motifs is 1. The predicted octanol–water partition coefficient (Wildman–Crippen LogP) is 6.33. The minimum absolute atomic E-state index is 0.0951. The third-order valence-electron chi connectivity index (χ3n) is 4.58. The van der Waals surface area contributed by atoms with E-state index in [0.717, 1.165) is 21.7 Å². The number of amides is 2. The number of nitrogens with zero attached hydrogens (tertiary/aromatic N) is 3. The molecule has 0 unspecified atom stereocenters. The van der Waals surface area contributed by atoms with Crippen LogP contribution in [-0.2, 0) is 9.47 Å². The Bertz CT molecular complexity index is 1180. The van der Waals surface area contributed by atoms with Gasteiger partial charge in [0, 0.05) is 29.3 Å². The zero-order valence-electron chi connectivity index (χ0n) is 19.9. The van der Waals surface area contributed by atoms with Gasteiger partial charge in [0.05, 0.1) is 4.47 Å². The van der Waals surface area contributed by atoms with Crippen molar-refractivity contribution < 1.29 is 19.1 Å². The molecule has 8 nitrogen and oxygen atoms in total. The van der Waals surface area contributed by atoms with Crippen LogP contribution in [0, 0.1) is 6.92 Å². The van der Waals surface area contributed by atoms with Gasteiger partial charge < -0.3 is 19.6 Å². The first-order chi connectivity index (χ1) is 15.2. The van der Waals surface area contributed by atoms with Crippen molar-refractivity contribution >= 4 is 45.1 Å². The van der Waals surface area contributed by atoms with Crippen LogP contribution in [0.3, 0.4) is 0 Å². The number of hydrogen-bond acceptors (Lipinski definition) is 6. The number of anilines is 2. The van der Waals surface area contributed by atoms with Crippen molar-refractivity contribution in [3.05, 3.63) is 46.8 Å². The summed E-state index contributed by atoms with van der Waals surface area (Å²) in [5.74, 6) is 0.0951. The Labute approximate surface area is 201 Å². The van der Waals surface area contributed by atoms with Gasteiger partial charge in [0.25, 0.3) is 0 Å². The molecular formula is C24H29BrN4O4. The molecule has 9 heteroatoms. The van der Waals surface area contributed by atoms with Crippen LogP contribution in [0.4, 0.5) is 21.1 Å². The molecule has 2 N–H and O–H groups in total. The molecule has 0 atom stereocenters. The molecule has 0 bridgehead atoms. The van der Waals surface area contributed by atoms with Gasteiger partial charge in [0.2, 0.25) is 0 Å². The van der Waals surface area contributed by atoms with E-state index >= 15 is 0 Å². The van der Waals surface area contributed by atoms with E-state index in [2.05, 4.69) is 20.9 Å². The number of nitrogen functional groups attached to an aromatic ring is 1. The van der Waals surface area contributed by atoms with Crippen molar-refractivity contribution in [3.63, 3.8) is 0 Å². The molecule has 33 heavy (non-hydrogen) atoms. The third kappa shape index (κ3) is 5.30. The number of carbonyl (C=O) groups excluding carboxylic acids is 2. The monoisotopic (exact) mass is 516 g/mol. The van der Waals surface area contributed by atoms with Gasteiger partial charge in [0.15, 0.2) is 5.82 Å². The average Bonchev–Trinajstić information content (AvgIpc) is 2.91. The van der Waals surface area contributed by atoms with Crippen LogP contribution in [0.5, 0.6) is 0 Å². The highest BCUT2D eigenvalue weighted by Crippen LogP contribution is 2.40. The van der Waals surface area contributed by atoms with E-state index < -0.39 is 23.4 Å². The van der Waals surface area contributed by atoms with Gasteiger partial charge in [-0.2, -0.15) is 4.90 Å². The molecule has 3 aromatic rings. The Morgan fingerprint density at radius 3 is 2.00 bits per heavy atom. The molecule has 3 rings (SSSR count). The lowest BCUT2D eigenvalue weighted by Gasteiger charge is -2.28. The lowest BCUT2D eigenvalue weighted by atomic mass is 10.1. The topological polar surface area (TPSA) is 99.2 Å². The van der Waals surface area contributed by atoms with Crippen LogP contribution in [-0.4, -0.2) is 32.8 Å². The second kappa shape index (κ2) is 8.70. The van der Waals surface area contributed by atoms with Crippen LogP contribution in [0.15, 0.2) is 41.1 Å². The Balaban J connectivity index is 2.24. The van der Waals surface area contributed by atoms with E-state index in [-0.39, 0.29) is 5.82 Å². The first kappa shape index (κ1) is 24.6. The fourth-order valence-corrected chi connectivity index (χ4v) is 4.19. The highest BCUT2D eigenvalue weighted by atomic mass is 79.9. The van der Waals surface area contributed by atoms with Gasteiger partial charge in [-0.25, -0.2) is 14.6 Å². The van der Waals surface area contributed by atoms with E-state index in [1.54, 1.807) is 47.7 Å². The number of nitrogens with two attached hydrogens (primary N) is 1. The van der Waals surface area contributed by atoms with E-state index in [9.17, 15) is 9.59 Å². The Kier molecular flexibility index (Phi) is 6.48. The van der Waals surface area contributed by atoms with Crippen molar-refractivity contribution in [2.24, 2.45) is 0 Å². The first-order valence-corrected chi connectivity index (χ1v) is 11.3. The van der Waals surface area contributed by atoms with Gasteiger partial charge >= 0.3 is 12.2 Å². The molecule has 2 heterocycles. The largest absolute Gasteiger partial charge is 0.443 e. The summed E-state index contributed by atoms with van der Waals surface area (Å²) >= 11 is 3.68. The first-order valence-electron chi connectivity index (χ1n) is 10.5. The fourth-order valence-electron chi connectivity index (χ4n) is 3.31. The number of ether oxygens (including phenoxy) is 2. The Hall–Kier alpha value is -3.07. The number of aromatic nitrogens is 2. The van der Waals surface area contributed by atoms with E-state index in [4.69, 9.17) is 15.2 Å². The Morgan fingerprint density at radius 2 is 1.52 bits per heavy atom. The lowest BCUT2D eigenvalue weighted by Crippen LogP contribution is -2.44. The average molecular weight is 517 g/mol. The maximum absolute atomic E-state index is 13.2. The van der Waals surface area contributed by atoms with Crippen LogP contribution >= 0.6 is 15.9 Å². The fraction of sp³-hybridized carbons (Fsp3) is 0.375. The van der Waals surface area contributed by atoms with Crippen molar-refractivity contribution in [1.29, 1.82) is 0 Å². The maximum Gasteiger partial charge on any atom is 0.425 e. The summed E-state index contributed by atoms with van der Waals surface area (Å²) in [6.07, 6.45) is 1.53. The molecule has 1 aromatic carbocycles. The minimum atomic E-state index is -0.878. The normalized spacial score (nSPS) is 12.0. The number of halogens is 1. The SMILES string of the molecule is Cc1c(-c2ccc(N)cc2)c(Br)c2c(N(C(=O)OC(C)(C)C)C(=O)OC(C)(C)C)nccn12. The Morgan fingerprint density at radius 1 is 1.00 bits per heavy atom. The van der Waals surface area contributed by atoms with E-state index in [1.165, 1.54) is 6.20 Å². The second-order valence-electron chi connectivity index (χ2n) is 9.66. The highest BCUT2D eigenvalue weighted by molar-refractivity contribution is 9.10. The summed E-state index contributed by atoms with van der Waals surface area (Å²) in [5, 5.41) is 0. The third-order valence-corrected chi connectivity index (χ3v) is 5.35. The summed E-state index contributed by atoms with van der Waals surface area (Å²) in [6.45, 7) is 12.3. The number of aryl methyl sites for hydroxylation is 1. The minimum Gasteiger partial charge on any atom is -0.443 e. The second-order valence-corrected chi connectivity index (χ2v) is 10.5. The van der Waals surface area contributed by atoms with Crippen LogP contribution in [0.25, 0.3) is 16.6 Å². The predicted molar refractivity (Wildman–Crippen MR) is 132 cm³/mol. The highest BCUT2D eigenvalue weighted by Gasteiger charge is 2.36. The number of carbonyl (C=O) groups is 2. The standard InChI is InChI=1S/C24H29BrN4O4/c1-14-17(15-8-10-16(26)11-9-15)18(25)19-20(27-12-13-28(14)19)29(21(30)32-23(2,3)4)22(31)33-24(5,6)7/h8-13H,26H2,1-7H3. The zero-order chi connectivity index (χ0) is 24.7. The summed E-state index contributed by atoms with van der Waals surface area (Å²) in [4.78, 5) is 31.6. The molecule has 0 spiro atoms. The summed E-state index contributed by atoms with van der Waals surface area (Å²) in [7, 11) is 0. The quantitative estimate of drug-likeness (QED) is 0.399. The summed E-state index contributed by atoms with van der Waals surface area (Å²) in [6, 6.07) is 7.45. The molecule has 0 aliphatic heterocycles. The maximum atomic E-state index is 13.2. The number of rotatable bonds is 2. The molecule has 2 amide bonds. The molecule has 0 saturated heterocycles. The summed E-state index contributed by atoms with van der Waals surface area (Å²) < 4.78 is 13.6. The molecule has 0 radical (unpaired) electrons. The van der Waals surface area contributed by atoms with Gasteiger partial charge in [0.1, 0.15) is 16.7 Å². The zero-order valence-corrected chi connectivity index (χ0v) is 21.5. The van der Waals surface area contributed by atoms with Gasteiger partial charge in [-0.15, -0.1) is 0 Å². The van der Waals surface area contributed by atoms with Gasteiger partial charge in [-0.05, 0) is 82.1 Å². The van der Waals surface area contributed by atoms with Crippen LogP contribution in [0.2, 0.25) is 0 Å². The van der Waals surface area contributed by atoms with Gasteiger partial charge in [-0.1, -0.05) is 12.1 Å². The molecule has 176 valence electrons. The molecule has 0 aliphatic carbocycles. The molecule has 0 fully saturated rings. The number of benzene rings is 1. The molecule has 0 aliphatic rings. The van der Waals surface area contributed by atoms with Crippen molar-refractivity contribution in [1.82, 2.24) is 9.38 Å². The van der Waals surface area contributed by atoms with E-state index in [1.807, 2.05) is 35.6 Å². The summed E-state index contributed by atoms with van der Waals surface area (Å²) in [5.41, 5.74) is 8.07. The van der Waals surface area contributed by atoms with Crippen molar-refractivity contribution in [3.8, 4) is 11.1 Å². The number of imide groups is 1. The number of hydrogen-bond donors (Lipinski definition) is 1. The van der Waals surface area contributed by atoms with Crippen LogP contribution in [0.1, 0.15) is 47.2 Å². The molecular weight excluding hydrogens is 488 g/mol. The van der Waals surface area contributed by atoms with E-state index in [0.29, 0.717) is 15.7 Å². The smallest absolute Gasteiger partial charge is 0.425 e. The van der Waals surface area contributed by atoms with Crippen molar-refractivity contribution in [2.45, 2.75) is 59.7 Å².